The third-order valence-electron chi connectivity index (χ3n) is 5.22. The van der Waals surface area contributed by atoms with Crippen molar-refractivity contribution in [1.82, 2.24) is 0 Å². The molecular formula is C23H42O5. The monoisotopic (exact) mass is 398 g/mol. The molecule has 164 valence electrons. The van der Waals surface area contributed by atoms with Crippen molar-refractivity contribution in [1.29, 1.82) is 0 Å². The summed E-state index contributed by atoms with van der Waals surface area (Å²) in [5.74, 6) is 0.385. The number of hydrogen-bond acceptors (Lipinski definition) is 5. The van der Waals surface area contributed by atoms with E-state index in [-0.39, 0.29) is 36.2 Å². The minimum absolute atomic E-state index is 0.0587. The third kappa shape index (κ3) is 9.62. The van der Waals surface area contributed by atoms with Crippen LogP contribution in [0, 0.1) is 0 Å². The van der Waals surface area contributed by atoms with E-state index < -0.39 is 0 Å². The molecule has 0 aromatic rings. The Kier molecular flexibility index (Phi) is 13.6. The van der Waals surface area contributed by atoms with Crippen LogP contribution in [-0.4, -0.2) is 42.8 Å². The Hall–Kier alpha value is -0.780. The number of rotatable bonds is 17. The van der Waals surface area contributed by atoms with Gasteiger partial charge in [0.15, 0.2) is 17.9 Å². The van der Waals surface area contributed by atoms with Crippen LogP contribution in [0.25, 0.3) is 0 Å². The predicted molar refractivity (Wildman–Crippen MR) is 111 cm³/mol. The molecule has 1 fully saturated rings. The highest BCUT2D eigenvalue weighted by Crippen LogP contribution is 2.25. The van der Waals surface area contributed by atoms with Crippen LogP contribution < -0.4 is 0 Å². The van der Waals surface area contributed by atoms with Crippen molar-refractivity contribution in [2.75, 3.05) is 6.61 Å². The van der Waals surface area contributed by atoms with Gasteiger partial charge in [0.1, 0.15) is 12.2 Å². The van der Waals surface area contributed by atoms with Gasteiger partial charge in [-0.15, -0.1) is 0 Å². The normalized spacial score (nSPS) is 21.6. The van der Waals surface area contributed by atoms with Gasteiger partial charge in [-0.25, -0.2) is 0 Å². The minimum atomic E-state index is -0.354. The number of hydrogen-bond donors (Lipinski definition) is 0. The lowest BCUT2D eigenvalue weighted by Crippen LogP contribution is -2.31. The van der Waals surface area contributed by atoms with Crippen molar-refractivity contribution in [2.24, 2.45) is 0 Å². The summed E-state index contributed by atoms with van der Waals surface area (Å²) >= 11 is 0. The van der Waals surface area contributed by atoms with E-state index in [1.54, 1.807) is 0 Å². The highest BCUT2D eigenvalue weighted by atomic mass is 16.7. The topological polar surface area (TPSA) is 61.8 Å². The molecule has 1 heterocycles. The smallest absolute Gasteiger partial charge is 0.161 e. The molecule has 1 aliphatic heterocycles. The van der Waals surface area contributed by atoms with Crippen molar-refractivity contribution in [3.8, 4) is 0 Å². The van der Waals surface area contributed by atoms with Gasteiger partial charge >= 0.3 is 0 Å². The average Bonchev–Trinajstić information content (AvgIpc) is 3.13. The Bertz CT molecular complexity index is 437. The van der Waals surface area contributed by atoms with Gasteiger partial charge < -0.3 is 14.2 Å². The second-order valence-electron chi connectivity index (χ2n) is 7.93. The van der Waals surface area contributed by atoms with Gasteiger partial charge in [-0.3, -0.25) is 9.59 Å². The molecule has 0 radical (unpaired) electrons. The van der Waals surface area contributed by atoms with Gasteiger partial charge in [-0.2, -0.15) is 0 Å². The molecule has 0 aromatic carbocycles. The fourth-order valence-electron chi connectivity index (χ4n) is 3.54. The first-order valence-corrected chi connectivity index (χ1v) is 11.5. The maximum atomic E-state index is 12.3. The molecule has 1 rings (SSSR count). The average molecular weight is 399 g/mol. The quantitative estimate of drug-likeness (QED) is 0.329. The summed E-state index contributed by atoms with van der Waals surface area (Å²) in [4.78, 5) is 24.6. The second-order valence-corrected chi connectivity index (χ2v) is 7.93. The minimum Gasteiger partial charge on any atom is -0.368 e. The summed E-state index contributed by atoms with van der Waals surface area (Å²) in [7, 11) is 0. The Morgan fingerprint density at radius 2 is 1.43 bits per heavy atom. The fraction of sp³-hybridized carbons (Fsp3) is 0.913. The van der Waals surface area contributed by atoms with Crippen molar-refractivity contribution in [3.63, 3.8) is 0 Å². The van der Waals surface area contributed by atoms with Crippen LogP contribution in [0.2, 0.25) is 0 Å². The summed E-state index contributed by atoms with van der Waals surface area (Å²) in [6.07, 6.45) is 9.02. The van der Waals surface area contributed by atoms with E-state index in [0.29, 0.717) is 19.4 Å². The van der Waals surface area contributed by atoms with Crippen LogP contribution in [0.1, 0.15) is 105 Å². The number of carbonyl (C=O) groups excluding carboxylic acids is 2. The lowest BCUT2D eigenvalue weighted by molar-refractivity contribution is -0.181. The summed E-state index contributed by atoms with van der Waals surface area (Å²) in [5, 5.41) is 0. The molecule has 0 saturated carbocycles. The molecule has 1 aliphatic rings. The second kappa shape index (κ2) is 15.1. The summed E-state index contributed by atoms with van der Waals surface area (Å²) in [6, 6.07) is 0. The maximum absolute atomic E-state index is 12.3. The van der Waals surface area contributed by atoms with E-state index in [4.69, 9.17) is 14.2 Å². The standard InChI is InChI=1S/C23H42O5/c1-5-9-13-21(19(24)11-7-3)26-17-18-15-16-23(27-18)28-22(14-10-6-2)20(25)12-8-4/h18,21-23H,5-17H2,1-4H3. The Labute approximate surface area is 171 Å². The number of carbonyl (C=O) groups is 2. The van der Waals surface area contributed by atoms with E-state index in [2.05, 4.69) is 13.8 Å². The van der Waals surface area contributed by atoms with Crippen molar-refractivity contribution in [2.45, 2.75) is 129 Å². The Morgan fingerprint density at radius 1 is 0.857 bits per heavy atom. The maximum Gasteiger partial charge on any atom is 0.161 e. The van der Waals surface area contributed by atoms with Gasteiger partial charge in [0.2, 0.25) is 0 Å². The van der Waals surface area contributed by atoms with E-state index in [1.165, 1.54) is 0 Å². The van der Waals surface area contributed by atoms with Crippen molar-refractivity contribution < 1.29 is 23.8 Å². The van der Waals surface area contributed by atoms with Gasteiger partial charge in [0.25, 0.3) is 0 Å². The zero-order chi connectivity index (χ0) is 20.8. The van der Waals surface area contributed by atoms with Crippen molar-refractivity contribution in [3.05, 3.63) is 0 Å². The highest BCUT2D eigenvalue weighted by molar-refractivity contribution is 5.83. The summed E-state index contributed by atoms with van der Waals surface area (Å²) in [5.41, 5.74) is 0. The molecule has 4 unspecified atom stereocenters. The molecule has 28 heavy (non-hydrogen) atoms. The molecule has 0 bridgehead atoms. The first-order valence-electron chi connectivity index (χ1n) is 11.5. The highest BCUT2D eigenvalue weighted by Gasteiger charge is 2.31. The molecule has 4 atom stereocenters. The molecular weight excluding hydrogens is 356 g/mol. The molecule has 5 nitrogen and oxygen atoms in total. The van der Waals surface area contributed by atoms with E-state index >= 15 is 0 Å². The zero-order valence-corrected chi connectivity index (χ0v) is 18.5. The first kappa shape index (κ1) is 25.3. The molecule has 5 heteroatoms. The first-order chi connectivity index (χ1) is 13.5. The van der Waals surface area contributed by atoms with Gasteiger partial charge in [0, 0.05) is 19.3 Å². The van der Waals surface area contributed by atoms with Crippen LogP contribution >= 0.6 is 0 Å². The SMILES string of the molecule is CCCCC(OCC1CCC(OC(CCCC)C(=O)CCC)O1)C(=O)CCC. The molecule has 0 aromatic heterocycles. The van der Waals surface area contributed by atoms with Crippen LogP contribution in [0.3, 0.4) is 0 Å². The predicted octanol–water partition coefficient (Wildman–Crippen LogP) is 5.38. The lowest BCUT2D eigenvalue weighted by atomic mass is 10.0. The van der Waals surface area contributed by atoms with Crippen LogP contribution in [-0.2, 0) is 23.8 Å². The van der Waals surface area contributed by atoms with Gasteiger partial charge in [0.05, 0.1) is 12.7 Å². The summed E-state index contributed by atoms with van der Waals surface area (Å²) in [6.45, 7) is 8.70. The van der Waals surface area contributed by atoms with E-state index in [0.717, 1.165) is 64.2 Å². The van der Waals surface area contributed by atoms with Crippen LogP contribution in [0.5, 0.6) is 0 Å². The molecule has 0 N–H and O–H groups in total. The summed E-state index contributed by atoms with van der Waals surface area (Å²) < 4.78 is 18.0. The lowest BCUT2D eigenvalue weighted by Gasteiger charge is -2.22. The number of Topliss-reactive ketones (excluding diaryl/α,β-unsaturated/α-hetero) is 2. The van der Waals surface area contributed by atoms with Crippen LogP contribution in [0.15, 0.2) is 0 Å². The number of ketones is 2. The van der Waals surface area contributed by atoms with E-state index in [1.807, 2.05) is 13.8 Å². The Morgan fingerprint density at radius 3 is 2.00 bits per heavy atom. The molecule has 0 spiro atoms. The molecule has 0 aliphatic carbocycles. The third-order valence-corrected chi connectivity index (χ3v) is 5.22. The fourth-order valence-corrected chi connectivity index (χ4v) is 3.54. The molecule has 0 amide bonds. The van der Waals surface area contributed by atoms with Crippen molar-refractivity contribution >= 4 is 11.6 Å². The van der Waals surface area contributed by atoms with Crippen LogP contribution in [0.4, 0.5) is 0 Å². The Balaban J connectivity index is 2.47. The number of unbranched alkanes of at least 4 members (excludes halogenated alkanes) is 2. The largest absolute Gasteiger partial charge is 0.368 e. The van der Waals surface area contributed by atoms with Gasteiger partial charge in [-0.1, -0.05) is 53.4 Å². The molecule has 1 saturated heterocycles. The number of ether oxygens (including phenoxy) is 3. The van der Waals surface area contributed by atoms with E-state index in [9.17, 15) is 9.59 Å². The zero-order valence-electron chi connectivity index (χ0n) is 18.5. The van der Waals surface area contributed by atoms with Gasteiger partial charge in [-0.05, 0) is 32.1 Å².